The van der Waals surface area contributed by atoms with Crippen molar-refractivity contribution in [3.05, 3.63) is 53.3 Å². The van der Waals surface area contributed by atoms with Crippen LogP contribution < -0.4 is 0 Å². The molecule has 2 rings (SSSR count). The fraction of sp³-hybridized carbons (Fsp3) is 0.400. The van der Waals surface area contributed by atoms with Crippen molar-refractivity contribution in [1.29, 1.82) is 0 Å². The van der Waals surface area contributed by atoms with Gasteiger partial charge in [-0.3, -0.25) is 9.98 Å². The van der Waals surface area contributed by atoms with Crippen LogP contribution in [0.15, 0.2) is 41.7 Å². The van der Waals surface area contributed by atoms with E-state index in [-0.39, 0.29) is 10.8 Å². The van der Waals surface area contributed by atoms with Gasteiger partial charge in [0, 0.05) is 23.5 Å². The van der Waals surface area contributed by atoms with Gasteiger partial charge in [-0.15, -0.1) is 0 Å². The van der Waals surface area contributed by atoms with Gasteiger partial charge in [0.2, 0.25) is 0 Å². The highest BCUT2D eigenvalue weighted by molar-refractivity contribution is 5.86. The fourth-order valence-corrected chi connectivity index (χ4v) is 2.33. The van der Waals surface area contributed by atoms with Crippen LogP contribution in [0.25, 0.3) is 0 Å². The van der Waals surface area contributed by atoms with Gasteiger partial charge in [0.25, 0.3) is 0 Å². The molecule has 0 spiro atoms. The highest BCUT2D eigenvalue weighted by Gasteiger charge is 2.24. The molecule has 1 aromatic carbocycles. The molecule has 3 heteroatoms. The number of pyridine rings is 1. The Morgan fingerprint density at radius 2 is 1.74 bits per heavy atom. The number of aromatic hydroxyl groups is 1. The molecule has 0 saturated heterocycles. The molecule has 0 saturated carbocycles. The topological polar surface area (TPSA) is 45.5 Å². The van der Waals surface area contributed by atoms with Gasteiger partial charge >= 0.3 is 0 Å². The Morgan fingerprint density at radius 1 is 1.04 bits per heavy atom. The molecule has 122 valence electrons. The van der Waals surface area contributed by atoms with Crippen molar-refractivity contribution in [2.24, 2.45) is 4.99 Å². The standard InChI is InChI=1S/C20H26N2O/c1-19(2,3)15-10-14(12-22-16-8-7-9-21-13-16)18(23)17(11-15)20(4,5)6/h7-13,23H,1-6H3. The number of phenols is 1. The predicted molar refractivity (Wildman–Crippen MR) is 97.0 cm³/mol. The normalized spacial score (nSPS) is 12.8. The van der Waals surface area contributed by atoms with E-state index in [0.29, 0.717) is 5.75 Å². The van der Waals surface area contributed by atoms with E-state index in [1.165, 1.54) is 5.56 Å². The summed E-state index contributed by atoms with van der Waals surface area (Å²) in [6.45, 7) is 12.8. The molecule has 1 aromatic heterocycles. The van der Waals surface area contributed by atoms with Gasteiger partial charge in [0.05, 0.1) is 11.9 Å². The lowest BCUT2D eigenvalue weighted by atomic mass is 9.79. The summed E-state index contributed by atoms with van der Waals surface area (Å²) in [6, 6.07) is 7.86. The number of aliphatic imine (C=N–C) groups is 1. The summed E-state index contributed by atoms with van der Waals surface area (Å²) in [4.78, 5) is 8.49. The molecule has 0 aliphatic carbocycles. The highest BCUT2D eigenvalue weighted by atomic mass is 16.3. The van der Waals surface area contributed by atoms with Crippen molar-refractivity contribution in [1.82, 2.24) is 4.98 Å². The van der Waals surface area contributed by atoms with E-state index in [1.54, 1.807) is 18.6 Å². The zero-order chi connectivity index (χ0) is 17.3. The quantitative estimate of drug-likeness (QED) is 0.781. The second kappa shape index (κ2) is 6.15. The van der Waals surface area contributed by atoms with Gasteiger partial charge in [0.15, 0.2) is 0 Å². The Morgan fingerprint density at radius 3 is 2.26 bits per heavy atom. The number of rotatable bonds is 2. The molecule has 0 unspecified atom stereocenters. The van der Waals surface area contributed by atoms with E-state index < -0.39 is 0 Å². The minimum Gasteiger partial charge on any atom is -0.507 e. The summed E-state index contributed by atoms with van der Waals surface area (Å²) in [5.41, 5.74) is 3.51. The zero-order valence-corrected chi connectivity index (χ0v) is 14.9. The van der Waals surface area contributed by atoms with Crippen molar-refractivity contribution >= 4 is 11.9 Å². The van der Waals surface area contributed by atoms with E-state index in [2.05, 4.69) is 57.6 Å². The Labute approximate surface area is 139 Å². The monoisotopic (exact) mass is 310 g/mol. The summed E-state index contributed by atoms with van der Waals surface area (Å²) in [6.07, 6.45) is 5.14. The van der Waals surface area contributed by atoms with Gasteiger partial charge in [-0.1, -0.05) is 47.6 Å². The molecule has 0 fully saturated rings. The SMILES string of the molecule is CC(C)(C)c1cc(C=Nc2cccnc2)c(O)c(C(C)(C)C)c1. The maximum atomic E-state index is 10.7. The van der Waals surface area contributed by atoms with Gasteiger partial charge in [0.1, 0.15) is 5.75 Å². The zero-order valence-electron chi connectivity index (χ0n) is 14.9. The maximum absolute atomic E-state index is 10.7. The Kier molecular flexibility index (Phi) is 4.60. The van der Waals surface area contributed by atoms with Crippen LogP contribution in [0, 0.1) is 0 Å². The highest BCUT2D eigenvalue weighted by Crippen LogP contribution is 2.37. The molecular weight excluding hydrogens is 284 g/mol. The van der Waals surface area contributed by atoms with Crippen LogP contribution in [0.3, 0.4) is 0 Å². The fourth-order valence-electron chi connectivity index (χ4n) is 2.33. The Balaban J connectivity index is 2.56. The van der Waals surface area contributed by atoms with Crippen molar-refractivity contribution < 1.29 is 5.11 Å². The average molecular weight is 310 g/mol. The average Bonchev–Trinajstić information content (AvgIpc) is 2.44. The summed E-state index contributed by atoms with van der Waals surface area (Å²) in [5, 5.41) is 10.7. The number of phenolic OH excluding ortho intramolecular Hbond substituents is 1. The maximum Gasteiger partial charge on any atom is 0.128 e. The van der Waals surface area contributed by atoms with Crippen LogP contribution >= 0.6 is 0 Å². The lowest BCUT2D eigenvalue weighted by molar-refractivity contribution is 0.444. The minimum absolute atomic E-state index is 0.00456. The summed E-state index contributed by atoms with van der Waals surface area (Å²) in [7, 11) is 0. The second-order valence-corrected chi connectivity index (χ2v) is 7.93. The number of hydrogen-bond donors (Lipinski definition) is 1. The Hall–Kier alpha value is -2.16. The molecule has 0 radical (unpaired) electrons. The number of hydrogen-bond acceptors (Lipinski definition) is 3. The number of nitrogens with zero attached hydrogens (tertiary/aromatic N) is 2. The molecule has 2 aromatic rings. The molecule has 0 aliphatic heterocycles. The van der Waals surface area contributed by atoms with Crippen LogP contribution in [-0.4, -0.2) is 16.3 Å². The van der Waals surface area contributed by atoms with Gasteiger partial charge in [-0.2, -0.15) is 0 Å². The third-order valence-electron chi connectivity index (χ3n) is 3.81. The first-order valence-electron chi connectivity index (χ1n) is 7.91. The largest absolute Gasteiger partial charge is 0.507 e. The van der Waals surface area contributed by atoms with Crippen molar-refractivity contribution in [3.8, 4) is 5.75 Å². The van der Waals surface area contributed by atoms with Crippen LogP contribution in [0.1, 0.15) is 58.2 Å². The molecule has 0 atom stereocenters. The second-order valence-electron chi connectivity index (χ2n) is 7.93. The van der Waals surface area contributed by atoms with Crippen molar-refractivity contribution in [2.45, 2.75) is 52.4 Å². The van der Waals surface area contributed by atoms with E-state index in [1.807, 2.05) is 18.2 Å². The van der Waals surface area contributed by atoms with Gasteiger partial charge in [-0.25, -0.2) is 0 Å². The van der Waals surface area contributed by atoms with Crippen LogP contribution in [0.2, 0.25) is 0 Å². The molecule has 1 heterocycles. The Bertz CT molecular complexity index is 705. The molecule has 1 N–H and O–H groups in total. The number of benzene rings is 1. The lowest BCUT2D eigenvalue weighted by Crippen LogP contribution is -2.17. The van der Waals surface area contributed by atoms with E-state index >= 15 is 0 Å². The molecule has 0 aliphatic rings. The number of aromatic nitrogens is 1. The molecule has 23 heavy (non-hydrogen) atoms. The third-order valence-corrected chi connectivity index (χ3v) is 3.81. The summed E-state index contributed by atoms with van der Waals surface area (Å²) in [5.74, 6) is 0.304. The molecule has 0 amide bonds. The summed E-state index contributed by atoms with van der Waals surface area (Å²) >= 11 is 0. The minimum atomic E-state index is -0.137. The van der Waals surface area contributed by atoms with Crippen LogP contribution in [-0.2, 0) is 10.8 Å². The van der Waals surface area contributed by atoms with E-state index in [0.717, 1.165) is 16.8 Å². The van der Waals surface area contributed by atoms with Gasteiger partial charge in [-0.05, 0) is 34.6 Å². The lowest BCUT2D eigenvalue weighted by Gasteiger charge is -2.26. The van der Waals surface area contributed by atoms with E-state index in [9.17, 15) is 5.11 Å². The molecule has 0 bridgehead atoms. The first kappa shape index (κ1) is 17.2. The van der Waals surface area contributed by atoms with Crippen LogP contribution in [0.4, 0.5) is 5.69 Å². The third kappa shape index (κ3) is 4.19. The predicted octanol–water partition coefficient (Wildman–Crippen LogP) is 5.13. The first-order valence-corrected chi connectivity index (χ1v) is 7.91. The van der Waals surface area contributed by atoms with Crippen molar-refractivity contribution in [2.75, 3.05) is 0 Å². The van der Waals surface area contributed by atoms with Crippen molar-refractivity contribution in [3.63, 3.8) is 0 Å². The smallest absolute Gasteiger partial charge is 0.128 e. The van der Waals surface area contributed by atoms with Gasteiger partial charge < -0.3 is 5.11 Å². The summed E-state index contributed by atoms with van der Waals surface area (Å²) < 4.78 is 0. The van der Waals surface area contributed by atoms with Crippen LogP contribution in [0.5, 0.6) is 5.75 Å². The molecule has 3 nitrogen and oxygen atoms in total. The first-order chi connectivity index (χ1) is 10.6. The van der Waals surface area contributed by atoms with E-state index in [4.69, 9.17) is 0 Å². The molecular formula is C20H26N2O.